The van der Waals surface area contributed by atoms with Gasteiger partial charge in [-0.2, -0.15) is 0 Å². The highest BCUT2D eigenvalue weighted by atomic mass is 35.5. The van der Waals surface area contributed by atoms with Crippen LogP contribution < -0.4 is 4.90 Å². The SMILES string of the molecule is C[C@@]1(C(=O)N2CCCc3cc(F)ccc32)CC1(Cl)Cl. The molecule has 2 aliphatic rings. The Morgan fingerprint density at radius 2 is 2.11 bits per heavy atom. The van der Waals surface area contributed by atoms with Crippen molar-refractivity contribution in [3.8, 4) is 0 Å². The minimum atomic E-state index is -0.971. The van der Waals surface area contributed by atoms with Gasteiger partial charge in [-0.05, 0) is 49.9 Å². The molecule has 5 heteroatoms. The van der Waals surface area contributed by atoms with Crippen molar-refractivity contribution < 1.29 is 9.18 Å². The third-order valence-corrected chi connectivity index (χ3v) is 5.24. The molecule has 1 aromatic carbocycles. The molecule has 1 amide bonds. The van der Waals surface area contributed by atoms with Crippen molar-refractivity contribution in [3.05, 3.63) is 29.6 Å². The zero-order valence-corrected chi connectivity index (χ0v) is 12.1. The van der Waals surface area contributed by atoms with Crippen LogP contribution >= 0.6 is 23.2 Å². The topological polar surface area (TPSA) is 20.3 Å². The van der Waals surface area contributed by atoms with E-state index in [0.29, 0.717) is 13.0 Å². The molecular formula is C14H14Cl2FNO. The van der Waals surface area contributed by atoms with Gasteiger partial charge in [0.05, 0.1) is 5.41 Å². The summed E-state index contributed by atoms with van der Waals surface area (Å²) in [4.78, 5) is 14.3. The van der Waals surface area contributed by atoms with Crippen molar-refractivity contribution in [2.24, 2.45) is 5.41 Å². The summed E-state index contributed by atoms with van der Waals surface area (Å²) in [5.74, 6) is -0.334. The van der Waals surface area contributed by atoms with Crippen molar-refractivity contribution in [3.63, 3.8) is 0 Å². The van der Waals surface area contributed by atoms with Gasteiger partial charge in [0.25, 0.3) is 0 Å². The largest absolute Gasteiger partial charge is 0.312 e. The third-order valence-electron chi connectivity index (χ3n) is 4.14. The fourth-order valence-electron chi connectivity index (χ4n) is 2.71. The van der Waals surface area contributed by atoms with Gasteiger partial charge >= 0.3 is 0 Å². The van der Waals surface area contributed by atoms with Crippen molar-refractivity contribution in [1.82, 2.24) is 0 Å². The van der Waals surface area contributed by atoms with E-state index in [2.05, 4.69) is 0 Å². The number of halogens is 3. The summed E-state index contributed by atoms with van der Waals surface area (Å²) in [5.41, 5.74) is 0.938. The molecule has 19 heavy (non-hydrogen) atoms. The van der Waals surface area contributed by atoms with Crippen LogP contribution in [0.1, 0.15) is 25.3 Å². The number of amides is 1. The molecule has 2 nitrogen and oxygen atoms in total. The van der Waals surface area contributed by atoms with E-state index in [1.165, 1.54) is 12.1 Å². The average molecular weight is 302 g/mol. The predicted octanol–water partition coefficient (Wildman–Crippen LogP) is 3.69. The summed E-state index contributed by atoms with van der Waals surface area (Å²) in [6, 6.07) is 4.55. The number of aryl methyl sites for hydroxylation is 1. The molecule has 1 fully saturated rings. The Morgan fingerprint density at radius 3 is 2.74 bits per heavy atom. The van der Waals surface area contributed by atoms with Crippen LogP contribution in [0.2, 0.25) is 0 Å². The highest BCUT2D eigenvalue weighted by Crippen LogP contribution is 2.64. The van der Waals surface area contributed by atoms with Gasteiger partial charge in [0.1, 0.15) is 10.2 Å². The lowest BCUT2D eigenvalue weighted by atomic mass is 9.99. The monoisotopic (exact) mass is 301 g/mol. The first-order chi connectivity index (χ1) is 8.85. The molecule has 0 spiro atoms. The Kier molecular flexibility index (Phi) is 2.84. The van der Waals surface area contributed by atoms with Crippen molar-refractivity contribution in [2.45, 2.75) is 30.5 Å². The molecule has 0 N–H and O–H groups in total. The number of anilines is 1. The first kappa shape index (κ1) is 13.2. The van der Waals surface area contributed by atoms with Crippen LogP contribution in [0.25, 0.3) is 0 Å². The van der Waals surface area contributed by atoms with E-state index in [9.17, 15) is 9.18 Å². The fourth-order valence-corrected chi connectivity index (χ4v) is 3.40. The summed E-state index contributed by atoms with van der Waals surface area (Å²) in [6.45, 7) is 2.42. The second-order valence-electron chi connectivity index (χ2n) is 5.55. The molecule has 1 aliphatic carbocycles. The van der Waals surface area contributed by atoms with Crippen molar-refractivity contribution in [2.75, 3.05) is 11.4 Å². The van der Waals surface area contributed by atoms with Crippen LogP contribution in [-0.4, -0.2) is 16.8 Å². The maximum absolute atomic E-state index is 13.2. The smallest absolute Gasteiger partial charge is 0.236 e. The number of nitrogens with zero attached hydrogens (tertiary/aromatic N) is 1. The van der Waals surface area contributed by atoms with Crippen molar-refractivity contribution >= 4 is 34.8 Å². The molecule has 0 aromatic heterocycles. The molecule has 1 aliphatic heterocycles. The fraction of sp³-hybridized carbons (Fsp3) is 0.500. The van der Waals surface area contributed by atoms with E-state index < -0.39 is 9.75 Å². The quantitative estimate of drug-likeness (QED) is 0.725. The van der Waals surface area contributed by atoms with E-state index in [-0.39, 0.29) is 11.7 Å². The predicted molar refractivity (Wildman–Crippen MR) is 74.2 cm³/mol. The normalized spacial score (nSPS) is 27.9. The van der Waals surface area contributed by atoms with E-state index in [1.807, 2.05) is 0 Å². The first-order valence-corrected chi connectivity index (χ1v) is 7.09. The van der Waals surface area contributed by atoms with Gasteiger partial charge in [-0.3, -0.25) is 4.79 Å². The van der Waals surface area contributed by atoms with Gasteiger partial charge in [0.2, 0.25) is 5.91 Å². The zero-order chi connectivity index (χ0) is 13.8. The molecule has 1 atom stereocenters. The Bertz CT molecular complexity index is 560. The Morgan fingerprint density at radius 1 is 1.42 bits per heavy atom. The van der Waals surface area contributed by atoms with Crippen molar-refractivity contribution in [1.29, 1.82) is 0 Å². The lowest BCUT2D eigenvalue weighted by Gasteiger charge is -2.32. The van der Waals surface area contributed by atoms with Gasteiger partial charge in [0, 0.05) is 12.2 Å². The highest BCUT2D eigenvalue weighted by molar-refractivity contribution is 6.53. The molecular weight excluding hydrogens is 288 g/mol. The summed E-state index contributed by atoms with van der Waals surface area (Å²) < 4.78 is 12.3. The number of hydrogen-bond donors (Lipinski definition) is 0. The van der Waals surface area contributed by atoms with Gasteiger partial charge in [-0.15, -0.1) is 23.2 Å². The van der Waals surface area contributed by atoms with E-state index in [1.54, 1.807) is 17.9 Å². The number of benzene rings is 1. The van der Waals surface area contributed by atoms with Gasteiger partial charge in [-0.1, -0.05) is 0 Å². The lowest BCUT2D eigenvalue weighted by molar-refractivity contribution is -0.123. The van der Waals surface area contributed by atoms with E-state index >= 15 is 0 Å². The van der Waals surface area contributed by atoms with Crippen LogP contribution in [0.3, 0.4) is 0 Å². The number of fused-ring (bicyclic) bond motifs is 1. The van der Waals surface area contributed by atoms with Crippen LogP contribution in [0.15, 0.2) is 18.2 Å². The Labute approximate surface area is 121 Å². The Hall–Kier alpha value is -0.800. The average Bonchev–Trinajstić information content (AvgIpc) is 2.88. The van der Waals surface area contributed by atoms with Gasteiger partial charge in [-0.25, -0.2) is 4.39 Å². The minimum Gasteiger partial charge on any atom is -0.312 e. The molecule has 3 rings (SSSR count). The van der Waals surface area contributed by atoms with Crippen LogP contribution in [0.5, 0.6) is 0 Å². The molecule has 1 heterocycles. The Balaban J connectivity index is 1.95. The van der Waals surface area contributed by atoms with E-state index in [4.69, 9.17) is 23.2 Å². The number of carbonyl (C=O) groups excluding carboxylic acids is 1. The zero-order valence-electron chi connectivity index (χ0n) is 10.5. The maximum Gasteiger partial charge on any atom is 0.236 e. The minimum absolute atomic E-state index is 0.0648. The van der Waals surface area contributed by atoms with Crippen LogP contribution in [0.4, 0.5) is 10.1 Å². The number of alkyl halides is 2. The van der Waals surface area contributed by atoms with E-state index in [0.717, 1.165) is 24.1 Å². The molecule has 102 valence electrons. The lowest BCUT2D eigenvalue weighted by Crippen LogP contribution is -2.41. The molecule has 0 unspecified atom stereocenters. The molecule has 0 saturated heterocycles. The second-order valence-corrected chi connectivity index (χ2v) is 7.03. The number of carbonyl (C=O) groups is 1. The maximum atomic E-state index is 13.2. The summed E-state index contributed by atoms with van der Waals surface area (Å²) >= 11 is 12.1. The summed E-state index contributed by atoms with van der Waals surface area (Å²) in [7, 11) is 0. The number of rotatable bonds is 1. The summed E-state index contributed by atoms with van der Waals surface area (Å²) in [6.07, 6.45) is 2.09. The third kappa shape index (κ3) is 1.95. The van der Waals surface area contributed by atoms with Gasteiger partial charge in [0.15, 0.2) is 0 Å². The summed E-state index contributed by atoms with van der Waals surface area (Å²) in [5, 5.41) is 0. The first-order valence-electron chi connectivity index (χ1n) is 6.33. The molecule has 0 radical (unpaired) electrons. The molecule has 1 saturated carbocycles. The molecule has 1 aromatic rings. The van der Waals surface area contributed by atoms with Crippen LogP contribution in [0, 0.1) is 11.2 Å². The molecule has 0 bridgehead atoms. The second kappa shape index (κ2) is 4.10. The number of hydrogen-bond acceptors (Lipinski definition) is 1. The van der Waals surface area contributed by atoms with Gasteiger partial charge < -0.3 is 4.90 Å². The standard InChI is InChI=1S/C14H14Cl2FNO/c1-13(8-14(13,15)16)12(19)18-6-2-3-9-7-10(17)4-5-11(9)18/h4-5,7H,2-3,6,8H2,1H3/t13-/m0/s1. The van der Waals surface area contributed by atoms with Crippen LogP contribution in [-0.2, 0) is 11.2 Å². The highest BCUT2D eigenvalue weighted by Gasteiger charge is 2.69.